The zero-order chi connectivity index (χ0) is 23.6. The van der Waals surface area contributed by atoms with Gasteiger partial charge >= 0.3 is 6.18 Å². The second-order valence-corrected chi connectivity index (χ2v) is 8.66. The van der Waals surface area contributed by atoms with Gasteiger partial charge in [0.2, 0.25) is 0 Å². The summed E-state index contributed by atoms with van der Waals surface area (Å²) < 4.78 is 45.6. The minimum absolute atomic E-state index is 0.133. The Bertz CT molecular complexity index is 914. The zero-order valence-electron chi connectivity index (χ0n) is 19.3. The zero-order valence-corrected chi connectivity index (χ0v) is 19.3. The number of nitrogens with zero attached hydrogens (tertiary/aromatic N) is 3. The molecule has 1 fully saturated rings. The van der Waals surface area contributed by atoms with Gasteiger partial charge in [-0.25, -0.2) is 4.98 Å². The van der Waals surface area contributed by atoms with E-state index in [1.54, 1.807) is 0 Å². The van der Waals surface area contributed by atoms with Crippen molar-refractivity contribution in [2.24, 2.45) is 5.92 Å². The summed E-state index contributed by atoms with van der Waals surface area (Å²) in [4.78, 5) is 8.32. The van der Waals surface area contributed by atoms with Crippen molar-refractivity contribution in [3.8, 4) is 0 Å². The largest absolute Gasteiger partial charge is 0.419 e. The van der Waals surface area contributed by atoms with E-state index in [0.29, 0.717) is 12.0 Å². The normalized spacial score (nSPS) is 19.9. The maximum Gasteiger partial charge on any atom is 0.419 e. The molecule has 0 spiro atoms. The smallest absolute Gasteiger partial charge is 0.383 e. The van der Waals surface area contributed by atoms with Crippen LogP contribution in [0, 0.1) is 5.92 Å². The van der Waals surface area contributed by atoms with Crippen LogP contribution in [0.15, 0.2) is 42.0 Å². The molecule has 5 nitrogen and oxygen atoms in total. The molecule has 2 aliphatic rings. The lowest BCUT2D eigenvalue weighted by Gasteiger charge is -2.46. The van der Waals surface area contributed by atoms with Crippen molar-refractivity contribution in [1.29, 1.82) is 0 Å². The van der Waals surface area contributed by atoms with Crippen LogP contribution >= 0.6 is 0 Å². The first-order valence-electron chi connectivity index (χ1n) is 11.1. The topological polar surface area (TPSA) is 54.6 Å². The fourth-order valence-corrected chi connectivity index (χ4v) is 4.16. The first kappa shape index (κ1) is 24.2. The van der Waals surface area contributed by atoms with E-state index < -0.39 is 17.6 Å². The van der Waals surface area contributed by atoms with Gasteiger partial charge in [0.05, 0.1) is 24.8 Å². The van der Waals surface area contributed by atoms with Crippen LogP contribution in [0.2, 0.25) is 0 Å². The van der Waals surface area contributed by atoms with Crippen LogP contribution in [0.3, 0.4) is 0 Å². The standard InChI is InChI=1S/C24H33F3N4O/c1-6-18(19-11-20(24(25,26)27)23(28)29-13-19)14-31(17(5)15(2)3)22-12-21(16(22)4)30-7-9-32-10-8-30/h11,13-15,22H,5-10,12H2,1-4H3,(H2,28,29)/b18-14+. The van der Waals surface area contributed by atoms with Crippen molar-refractivity contribution in [2.45, 2.75) is 52.8 Å². The van der Waals surface area contributed by atoms with Crippen LogP contribution < -0.4 is 5.73 Å². The summed E-state index contributed by atoms with van der Waals surface area (Å²) in [6, 6.07) is 1.23. The fraction of sp³-hybridized carbons (Fsp3) is 0.542. The van der Waals surface area contributed by atoms with E-state index in [-0.39, 0.29) is 12.0 Å². The molecule has 0 radical (unpaired) electrons. The lowest BCUT2D eigenvalue weighted by molar-refractivity contribution is -0.137. The van der Waals surface area contributed by atoms with Gasteiger partial charge in [-0.15, -0.1) is 0 Å². The summed E-state index contributed by atoms with van der Waals surface area (Å²) in [6.45, 7) is 15.7. The first-order valence-corrected chi connectivity index (χ1v) is 11.1. The monoisotopic (exact) mass is 450 g/mol. The number of anilines is 1. The highest BCUT2D eigenvalue weighted by Crippen LogP contribution is 2.39. The van der Waals surface area contributed by atoms with Crippen molar-refractivity contribution in [2.75, 3.05) is 32.0 Å². The number of nitrogen functional groups attached to an aromatic ring is 1. The van der Waals surface area contributed by atoms with Crippen LogP contribution in [0.25, 0.3) is 5.57 Å². The highest BCUT2D eigenvalue weighted by molar-refractivity contribution is 5.67. The molecule has 2 N–H and O–H groups in total. The molecule has 1 atom stereocenters. The number of allylic oxidation sites excluding steroid dienone is 2. The van der Waals surface area contributed by atoms with Crippen LogP contribution in [0.1, 0.15) is 51.7 Å². The molecule has 1 saturated heterocycles. The number of aromatic nitrogens is 1. The van der Waals surface area contributed by atoms with E-state index in [9.17, 15) is 13.2 Å². The number of alkyl halides is 3. The minimum Gasteiger partial charge on any atom is -0.383 e. The van der Waals surface area contributed by atoms with E-state index in [4.69, 9.17) is 10.5 Å². The number of hydrogen-bond acceptors (Lipinski definition) is 5. The Morgan fingerprint density at radius 3 is 2.56 bits per heavy atom. The van der Waals surface area contributed by atoms with Gasteiger partial charge in [-0.3, -0.25) is 0 Å². The van der Waals surface area contributed by atoms with E-state index in [2.05, 4.69) is 42.1 Å². The van der Waals surface area contributed by atoms with Gasteiger partial charge in [0.1, 0.15) is 5.82 Å². The Labute approximate surface area is 188 Å². The maximum absolute atomic E-state index is 13.4. The molecule has 2 heterocycles. The lowest BCUT2D eigenvalue weighted by atomic mass is 9.85. The molecule has 0 aromatic carbocycles. The van der Waals surface area contributed by atoms with Gasteiger partial charge in [0.15, 0.2) is 0 Å². The number of nitrogens with two attached hydrogens (primary N) is 1. The molecule has 1 aromatic rings. The number of morpholine rings is 1. The second kappa shape index (κ2) is 9.57. The van der Waals surface area contributed by atoms with Crippen molar-refractivity contribution in [1.82, 2.24) is 14.8 Å². The molecule has 0 bridgehead atoms. The lowest BCUT2D eigenvalue weighted by Crippen LogP contribution is -2.46. The number of rotatable bonds is 7. The molecule has 8 heteroatoms. The number of hydrogen-bond donors (Lipinski definition) is 1. The van der Waals surface area contributed by atoms with Crippen molar-refractivity contribution in [3.05, 3.63) is 53.1 Å². The summed E-state index contributed by atoms with van der Waals surface area (Å²) in [5.74, 6) is -0.312. The molecule has 32 heavy (non-hydrogen) atoms. The third-order valence-corrected chi connectivity index (χ3v) is 6.34. The van der Waals surface area contributed by atoms with Crippen LogP contribution in [-0.2, 0) is 10.9 Å². The van der Waals surface area contributed by atoms with Crippen LogP contribution in [-0.4, -0.2) is 47.1 Å². The highest BCUT2D eigenvalue weighted by atomic mass is 19.4. The molecule has 1 aromatic heterocycles. The van der Waals surface area contributed by atoms with Gasteiger partial charge in [-0.05, 0) is 42.0 Å². The summed E-state index contributed by atoms with van der Waals surface area (Å²) in [5.41, 5.74) is 9.31. The molecule has 0 saturated carbocycles. The molecule has 1 aliphatic heterocycles. The molecule has 176 valence electrons. The van der Waals surface area contributed by atoms with Crippen molar-refractivity contribution in [3.63, 3.8) is 0 Å². The SMILES string of the molecule is C=C(C(C)C)N(/C=C(\CC)c1cnc(N)c(C(F)(F)F)c1)C1CC(N2CCOCC2)=C1C. The molecule has 0 amide bonds. The van der Waals surface area contributed by atoms with E-state index >= 15 is 0 Å². The third kappa shape index (κ3) is 4.95. The van der Waals surface area contributed by atoms with Crippen LogP contribution in [0.5, 0.6) is 0 Å². The Morgan fingerprint density at radius 1 is 1.38 bits per heavy atom. The van der Waals surface area contributed by atoms with Gasteiger partial charge in [-0.2, -0.15) is 13.2 Å². The number of ether oxygens (including phenoxy) is 1. The van der Waals surface area contributed by atoms with Gasteiger partial charge in [0, 0.05) is 43.3 Å². The number of pyridine rings is 1. The maximum atomic E-state index is 13.4. The van der Waals surface area contributed by atoms with Gasteiger partial charge < -0.3 is 20.3 Å². The Kier molecular flexibility index (Phi) is 7.22. The van der Waals surface area contributed by atoms with Crippen molar-refractivity contribution < 1.29 is 17.9 Å². The average molecular weight is 451 g/mol. The summed E-state index contributed by atoms with van der Waals surface area (Å²) >= 11 is 0. The Balaban J connectivity index is 1.96. The van der Waals surface area contributed by atoms with Crippen molar-refractivity contribution >= 4 is 11.4 Å². The molecule has 3 rings (SSSR count). The minimum atomic E-state index is -4.55. The van der Waals surface area contributed by atoms with Gasteiger partial charge in [-0.1, -0.05) is 27.4 Å². The molecular formula is C24H33F3N4O. The predicted octanol–water partition coefficient (Wildman–Crippen LogP) is 5.28. The Hall–Kier alpha value is -2.48. The molecule has 1 unspecified atom stereocenters. The van der Waals surface area contributed by atoms with E-state index in [0.717, 1.165) is 50.1 Å². The predicted molar refractivity (Wildman–Crippen MR) is 121 cm³/mol. The molecule has 1 aliphatic carbocycles. The first-order chi connectivity index (χ1) is 15.0. The highest BCUT2D eigenvalue weighted by Gasteiger charge is 2.36. The van der Waals surface area contributed by atoms with E-state index in [1.807, 2.05) is 13.1 Å². The third-order valence-electron chi connectivity index (χ3n) is 6.34. The molecular weight excluding hydrogens is 417 g/mol. The number of halogens is 3. The van der Waals surface area contributed by atoms with Gasteiger partial charge in [0.25, 0.3) is 0 Å². The fourth-order valence-electron chi connectivity index (χ4n) is 4.16. The average Bonchev–Trinajstić information content (AvgIpc) is 2.75. The second-order valence-electron chi connectivity index (χ2n) is 8.66. The quantitative estimate of drug-likeness (QED) is 0.612. The summed E-state index contributed by atoms with van der Waals surface area (Å²) in [5, 5.41) is 0. The van der Waals surface area contributed by atoms with E-state index in [1.165, 1.54) is 17.5 Å². The summed E-state index contributed by atoms with van der Waals surface area (Å²) in [7, 11) is 0. The summed E-state index contributed by atoms with van der Waals surface area (Å²) in [6.07, 6.45) is 0.238. The van der Waals surface area contributed by atoms with Crippen LogP contribution in [0.4, 0.5) is 19.0 Å². The Morgan fingerprint density at radius 2 is 2.03 bits per heavy atom.